The molecule has 0 radical (unpaired) electrons. The number of aromatic carboxylic acids is 1. The smallest absolute Gasteiger partial charge is 0.337 e. The molecule has 0 aromatic carbocycles. The maximum atomic E-state index is 12.1. The van der Waals surface area contributed by atoms with Gasteiger partial charge in [-0.05, 0) is 37.5 Å². The lowest BCUT2D eigenvalue weighted by molar-refractivity contribution is 0.0696. The van der Waals surface area contributed by atoms with Crippen molar-refractivity contribution in [3.8, 4) is 5.69 Å². The molecule has 2 atom stereocenters. The van der Waals surface area contributed by atoms with E-state index in [0.717, 1.165) is 19.3 Å². The van der Waals surface area contributed by atoms with Crippen LogP contribution in [-0.4, -0.2) is 42.7 Å². The monoisotopic (exact) mass is 426 g/mol. The molecule has 3 aromatic heterocycles. The molecule has 1 unspecified atom stereocenters. The molecule has 1 fully saturated rings. The first kappa shape index (κ1) is 19.8. The first-order valence-electron chi connectivity index (χ1n) is 9.41. The summed E-state index contributed by atoms with van der Waals surface area (Å²) in [4.78, 5) is 35.8. The van der Waals surface area contributed by atoms with Crippen LogP contribution in [0.15, 0.2) is 53.8 Å². The van der Waals surface area contributed by atoms with Gasteiger partial charge in [0.1, 0.15) is 16.8 Å². The zero-order valence-corrected chi connectivity index (χ0v) is 16.6. The molecule has 4 rings (SSSR count). The predicted molar refractivity (Wildman–Crippen MR) is 113 cm³/mol. The van der Waals surface area contributed by atoms with Crippen LogP contribution in [0.3, 0.4) is 0 Å². The average molecular weight is 427 g/mol. The minimum Gasteiger partial charge on any atom is -0.478 e. The Kier molecular flexibility index (Phi) is 5.62. The lowest BCUT2D eigenvalue weighted by Crippen LogP contribution is -2.22. The molecule has 1 aliphatic rings. The van der Waals surface area contributed by atoms with E-state index in [1.165, 1.54) is 29.1 Å². The number of carboxylic acid groups (broad SMARTS) is 1. The topological polar surface area (TPSA) is 122 Å². The molecule has 10 heteroatoms. The van der Waals surface area contributed by atoms with Gasteiger partial charge in [-0.3, -0.25) is 9.36 Å². The van der Waals surface area contributed by atoms with Crippen molar-refractivity contribution in [2.24, 2.45) is 0 Å². The van der Waals surface area contributed by atoms with Gasteiger partial charge in [-0.15, -0.1) is 0 Å². The molecule has 1 saturated carbocycles. The van der Waals surface area contributed by atoms with Gasteiger partial charge in [0, 0.05) is 24.3 Å². The van der Waals surface area contributed by atoms with E-state index >= 15 is 0 Å². The second kappa shape index (κ2) is 8.50. The Balaban J connectivity index is 1.38. The molecule has 9 nitrogen and oxygen atoms in total. The van der Waals surface area contributed by atoms with Crippen molar-refractivity contribution in [3.63, 3.8) is 0 Å². The number of anilines is 2. The largest absolute Gasteiger partial charge is 0.478 e. The fraction of sp³-hybridized carbons (Fsp3) is 0.250. The van der Waals surface area contributed by atoms with Crippen LogP contribution in [0.1, 0.15) is 29.6 Å². The van der Waals surface area contributed by atoms with Crippen molar-refractivity contribution in [2.75, 3.05) is 10.6 Å². The van der Waals surface area contributed by atoms with Crippen LogP contribution in [0.4, 0.5) is 11.6 Å². The fourth-order valence-electron chi connectivity index (χ4n) is 3.48. The van der Waals surface area contributed by atoms with Gasteiger partial charge in [-0.1, -0.05) is 11.6 Å². The van der Waals surface area contributed by atoms with Crippen LogP contribution >= 0.6 is 11.6 Å². The molecular weight excluding hydrogens is 408 g/mol. The van der Waals surface area contributed by atoms with E-state index in [-0.39, 0.29) is 23.2 Å². The van der Waals surface area contributed by atoms with E-state index in [4.69, 9.17) is 16.7 Å². The summed E-state index contributed by atoms with van der Waals surface area (Å²) in [5.41, 5.74) is 0.213. The lowest BCUT2D eigenvalue weighted by atomic mass is 10.2. The van der Waals surface area contributed by atoms with E-state index in [1.54, 1.807) is 24.5 Å². The molecule has 0 amide bonds. The van der Waals surface area contributed by atoms with Crippen molar-refractivity contribution >= 4 is 29.2 Å². The van der Waals surface area contributed by atoms with Crippen molar-refractivity contribution in [1.29, 1.82) is 0 Å². The average Bonchev–Trinajstić information content (AvgIpc) is 3.17. The first-order chi connectivity index (χ1) is 14.5. The molecule has 3 heterocycles. The SMILES string of the molecule is O=C(O)c1ccc(=O)n(-c2ccc(NC3CC[C@H](Nc4cnc(Cl)cn4)C3)nc2)c1. The highest BCUT2D eigenvalue weighted by Gasteiger charge is 2.25. The molecule has 0 bridgehead atoms. The van der Waals surface area contributed by atoms with Crippen LogP contribution in [-0.2, 0) is 0 Å². The Morgan fingerprint density at radius 1 is 1.00 bits per heavy atom. The first-order valence-corrected chi connectivity index (χ1v) is 9.79. The zero-order valence-electron chi connectivity index (χ0n) is 15.8. The Morgan fingerprint density at radius 2 is 1.73 bits per heavy atom. The van der Waals surface area contributed by atoms with E-state index in [1.807, 2.05) is 0 Å². The maximum absolute atomic E-state index is 12.1. The number of hydrogen-bond donors (Lipinski definition) is 3. The molecular formula is C20H19ClN6O3. The molecule has 1 aliphatic carbocycles. The molecule has 30 heavy (non-hydrogen) atoms. The molecule has 3 N–H and O–H groups in total. The van der Waals surface area contributed by atoms with Crippen molar-refractivity contribution in [2.45, 2.75) is 31.3 Å². The number of rotatable bonds is 6. The number of nitrogens with zero attached hydrogens (tertiary/aromatic N) is 4. The van der Waals surface area contributed by atoms with Gasteiger partial charge in [-0.2, -0.15) is 0 Å². The summed E-state index contributed by atoms with van der Waals surface area (Å²) in [6.07, 6.45) is 8.82. The Labute approximate surface area is 176 Å². The molecule has 0 saturated heterocycles. The highest BCUT2D eigenvalue weighted by atomic mass is 35.5. The Morgan fingerprint density at radius 3 is 2.37 bits per heavy atom. The second-order valence-electron chi connectivity index (χ2n) is 7.05. The highest BCUT2D eigenvalue weighted by molar-refractivity contribution is 6.29. The second-order valence-corrected chi connectivity index (χ2v) is 7.44. The summed E-state index contributed by atoms with van der Waals surface area (Å²) in [6.45, 7) is 0. The van der Waals surface area contributed by atoms with Gasteiger partial charge in [0.05, 0.1) is 29.8 Å². The minimum absolute atomic E-state index is 0.0340. The quantitative estimate of drug-likeness (QED) is 0.550. The van der Waals surface area contributed by atoms with Gasteiger partial charge >= 0.3 is 5.97 Å². The number of aromatic nitrogens is 4. The molecule has 154 valence electrons. The van der Waals surface area contributed by atoms with Gasteiger partial charge in [0.15, 0.2) is 0 Å². The van der Waals surface area contributed by atoms with Crippen molar-refractivity contribution in [1.82, 2.24) is 19.5 Å². The highest BCUT2D eigenvalue weighted by Crippen LogP contribution is 2.25. The number of carboxylic acids is 1. The normalized spacial score (nSPS) is 18.2. The third kappa shape index (κ3) is 4.57. The van der Waals surface area contributed by atoms with E-state index in [9.17, 15) is 9.59 Å². The zero-order chi connectivity index (χ0) is 21.1. The van der Waals surface area contributed by atoms with Crippen LogP contribution < -0.4 is 16.2 Å². The third-order valence-corrected chi connectivity index (χ3v) is 5.14. The summed E-state index contributed by atoms with van der Waals surface area (Å²) in [6, 6.07) is 6.54. The van der Waals surface area contributed by atoms with Gasteiger partial charge in [0.25, 0.3) is 5.56 Å². The summed E-state index contributed by atoms with van der Waals surface area (Å²) in [5, 5.41) is 16.2. The predicted octanol–water partition coefficient (Wildman–Crippen LogP) is 2.82. The number of nitrogens with one attached hydrogen (secondary N) is 2. The van der Waals surface area contributed by atoms with Gasteiger partial charge in [-0.25, -0.2) is 19.7 Å². The Bertz CT molecular complexity index is 1100. The van der Waals surface area contributed by atoms with E-state index in [2.05, 4.69) is 25.6 Å². The van der Waals surface area contributed by atoms with Gasteiger partial charge < -0.3 is 15.7 Å². The third-order valence-electron chi connectivity index (χ3n) is 4.94. The summed E-state index contributed by atoms with van der Waals surface area (Å²) in [7, 11) is 0. The number of hydrogen-bond acceptors (Lipinski definition) is 7. The molecule has 0 spiro atoms. The summed E-state index contributed by atoms with van der Waals surface area (Å²) < 4.78 is 1.27. The van der Waals surface area contributed by atoms with E-state index in [0.29, 0.717) is 22.5 Å². The maximum Gasteiger partial charge on any atom is 0.337 e. The van der Waals surface area contributed by atoms with Crippen molar-refractivity contribution < 1.29 is 9.90 Å². The van der Waals surface area contributed by atoms with Crippen LogP contribution in [0.2, 0.25) is 5.15 Å². The minimum atomic E-state index is -1.09. The van der Waals surface area contributed by atoms with Gasteiger partial charge in [0.2, 0.25) is 0 Å². The fourth-order valence-corrected chi connectivity index (χ4v) is 3.58. The molecule has 0 aliphatic heterocycles. The van der Waals surface area contributed by atoms with Crippen LogP contribution in [0, 0.1) is 0 Å². The molecule has 3 aromatic rings. The number of carbonyl (C=O) groups is 1. The Hall–Kier alpha value is -3.46. The lowest BCUT2D eigenvalue weighted by Gasteiger charge is -2.16. The standard InChI is InChI=1S/C20H19ClN6O3/c21-16-9-24-18(10-22-16)26-14-3-2-13(7-14)25-17-5-4-15(8-23-17)27-11-12(20(29)30)1-6-19(27)28/h1,4-6,8-11,13-14H,2-3,7H2,(H,23,25)(H,24,26)(H,29,30)/t13?,14-/m0/s1. The van der Waals surface area contributed by atoms with E-state index < -0.39 is 5.97 Å². The summed E-state index contributed by atoms with van der Waals surface area (Å²) >= 11 is 5.76. The van der Waals surface area contributed by atoms with Crippen molar-refractivity contribution in [3.05, 3.63) is 70.1 Å². The number of halogens is 1. The van der Waals surface area contributed by atoms with Crippen LogP contribution in [0.5, 0.6) is 0 Å². The number of pyridine rings is 2. The van der Waals surface area contributed by atoms with Crippen LogP contribution in [0.25, 0.3) is 5.69 Å². The summed E-state index contributed by atoms with van der Waals surface area (Å²) in [5.74, 6) is 0.295.